The van der Waals surface area contributed by atoms with Crippen molar-refractivity contribution in [3.8, 4) is 0 Å². The maximum absolute atomic E-state index is 12.7. The fourth-order valence-corrected chi connectivity index (χ4v) is 1.06. The van der Waals surface area contributed by atoms with E-state index in [9.17, 15) is 14.0 Å². The summed E-state index contributed by atoms with van der Waals surface area (Å²) in [5.74, 6) is -2.25. The molecule has 0 bridgehead atoms. The maximum Gasteiger partial charge on any atom is 0.332 e. The minimum Gasteiger partial charge on any atom is -0.478 e. The molecule has 0 saturated carbocycles. The van der Waals surface area contributed by atoms with Gasteiger partial charge in [0, 0.05) is 18.6 Å². The van der Waals surface area contributed by atoms with Crippen LogP contribution >= 0.6 is 0 Å². The van der Waals surface area contributed by atoms with Crippen LogP contribution in [0.2, 0.25) is 0 Å². The SMILES string of the molecule is CC(=O)O/N=C(\C=C\C(=O)O)c1ccc(F)cc1. The number of aliphatic carboxylic acids is 1. The summed E-state index contributed by atoms with van der Waals surface area (Å²) in [6.07, 6.45) is 1.99. The van der Waals surface area contributed by atoms with Crippen molar-refractivity contribution < 1.29 is 23.9 Å². The Labute approximate surface area is 102 Å². The van der Waals surface area contributed by atoms with Gasteiger partial charge in [-0.05, 0) is 30.3 Å². The second kappa shape index (κ2) is 6.29. The molecule has 94 valence electrons. The smallest absolute Gasteiger partial charge is 0.332 e. The van der Waals surface area contributed by atoms with Crippen LogP contribution in [0.5, 0.6) is 0 Å². The second-order valence-corrected chi connectivity index (χ2v) is 3.24. The van der Waals surface area contributed by atoms with E-state index in [-0.39, 0.29) is 5.71 Å². The number of allylic oxidation sites excluding steroid dienone is 1. The predicted octanol–water partition coefficient (Wildman–Crippen LogP) is 1.73. The third kappa shape index (κ3) is 4.56. The molecule has 0 aromatic heterocycles. The third-order valence-electron chi connectivity index (χ3n) is 1.80. The zero-order valence-corrected chi connectivity index (χ0v) is 9.46. The highest BCUT2D eigenvalue weighted by atomic mass is 19.1. The van der Waals surface area contributed by atoms with E-state index < -0.39 is 17.8 Å². The van der Waals surface area contributed by atoms with Gasteiger partial charge in [0.2, 0.25) is 0 Å². The van der Waals surface area contributed by atoms with Crippen LogP contribution in [0, 0.1) is 5.82 Å². The molecule has 5 nitrogen and oxygen atoms in total. The van der Waals surface area contributed by atoms with E-state index in [1.807, 2.05) is 0 Å². The standard InChI is InChI=1S/C12H10FNO4/c1-8(15)18-14-11(6-7-12(16)17)9-2-4-10(13)5-3-9/h2-7H,1H3,(H,16,17)/b7-6+,14-11+. The third-order valence-corrected chi connectivity index (χ3v) is 1.80. The van der Waals surface area contributed by atoms with Crippen molar-refractivity contribution in [2.45, 2.75) is 6.92 Å². The Morgan fingerprint density at radius 2 is 1.89 bits per heavy atom. The van der Waals surface area contributed by atoms with Crippen LogP contribution in [0.15, 0.2) is 41.6 Å². The highest BCUT2D eigenvalue weighted by Gasteiger charge is 2.03. The van der Waals surface area contributed by atoms with Gasteiger partial charge in [0.15, 0.2) is 0 Å². The van der Waals surface area contributed by atoms with Crippen LogP contribution < -0.4 is 0 Å². The van der Waals surface area contributed by atoms with Crippen LogP contribution in [0.1, 0.15) is 12.5 Å². The maximum atomic E-state index is 12.7. The molecule has 1 aromatic rings. The van der Waals surface area contributed by atoms with Crippen molar-refractivity contribution in [3.63, 3.8) is 0 Å². The van der Waals surface area contributed by atoms with Crippen molar-refractivity contribution in [2.24, 2.45) is 5.16 Å². The molecule has 0 aliphatic carbocycles. The van der Waals surface area contributed by atoms with Gasteiger partial charge < -0.3 is 9.94 Å². The summed E-state index contributed by atoms with van der Waals surface area (Å²) < 4.78 is 12.7. The number of carboxylic acid groups (broad SMARTS) is 1. The molecule has 0 aliphatic heterocycles. The average Bonchev–Trinajstić information content (AvgIpc) is 2.30. The van der Waals surface area contributed by atoms with E-state index in [1.54, 1.807) is 0 Å². The number of oxime groups is 1. The van der Waals surface area contributed by atoms with Crippen molar-refractivity contribution in [2.75, 3.05) is 0 Å². The molecular weight excluding hydrogens is 241 g/mol. The molecule has 1 N–H and O–H groups in total. The van der Waals surface area contributed by atoms with Crippen LogP contribution in [0.3, 0.4) is 0 Å². The summed E-state index contributed by atoms with van der Waals surface area (Å²) in [6.45, 7) is 1.16. The fraction of sp³-hybridized carbons (Fsp3) is 0.0833. The highest BCUT2D eigenvalue weighted by molar-refractivity contribution is 6.10. The highest BCUT2D eigenvalue weighted by Crippen LogP contribution is 2.06. The molecule has 0 saturated heterocycles. The van der Waals surface area contributed by atoms with Crippen LogP contribution in [-0.2, 0) is 14.4 Å². The summed E-state index contributed by atoms with van der Waals surface area (Å²) in [6, 6.07) is 5.16. The molecule has 0 fully saturated rings. The monoisotopic (exact) mass is 251 g/mol. The fourth-order valence-electron chi connectivity index (χ4n) is 1.06. The molecule has 0 unspecified atom stereocenters. The van der Waals surface area contributed by atoms with Gasteiger partial charge in [0.1, 0.15) is 11.5 Å². The quantitative estimate of drug-likeness (QED) is 0.382. The number of carbonyl (C=O) groups is 2. The molecule has 0 heterocycles. The largest absolute Gasteiger partial charge is 0.478 e. The topological polar surface area (TPSA) is 76.0 Å². The molecule has 1 rings (SSSR count). The number of carbonyl (C=O) groups excluding carboxylic acids is 1. The molecule has 0 amide bonds. The van der Waals surface area contributed by atoms with E-state index in [2.05, 4.69) is 9.99 Å². The van der Waals surface area contributed by atoms with Gasteiger partial charge in [-0.3, -0.25) is 0 Å². The molecule has 0 aliphatic rings. The van der Waals surface area contributed by atoms with Gasteiger partial charge in [-0.25, -0.2) is 14.0 Å². The van der Waals surface area contributed by atoms with Gasteiger partial charge in [-0.2, -0.15) is 0 Å². The number of nitrogens with zero attached hydrogens (tertiary/aromatic N) is 1. The van der Waals surface area contributed by atoms with Crippen LogP contribution in [-0.4, -0.2) is 22.8 Å². The first kappa shape index (κ1) is 13.6. The van der Waals surface area contributed by atoms with Gasteiger partial charge in [0.05, 0.1) is 0 Å². The van der Waals surface area contributed by atoms with E-state index >= 15 is 0 Å². The molecule has 0 atom stereocenters. The Morgan fingerprint density at radius 3 is 2.39 bits per heavy atom. The van der Waals surface area contributed by atoms with Gasteiger partial charge in [-0.15, -0.1) is 0 Å². The van der Waals surface area contributed by atoms with Gasteiger partial charge in [-0.1, -0.05) is 5.16 Å². The van der Waals surface area contributed by atoms with E-state index in [0.29, 0.717) is 5.56 Å². The zero-order valence-electron chi connectivity index (χ0n) is 9.46. The molecular formula is C12H10FNO4. The van der Waals surface area contributed by atoms with Gasteiger partial charge >= 0.3 is 11.9 Å². The molecule has 18 heavy (non-hydrogen) atoms. The summed E-state index contributed by atoms with van der Waals surface area (Å²) in [5, 5.41) is 12.0. The predicted molar refractivity (Wildman–Crippen MR) is 61.5 cm³/mol. The molecule has 1 aromatic carbocycles. The Kier molecular flexibility index (Phi) is 4.74. The lowest BCUT2D eigenvalue weighted by atomic mass is 10.1. The first-order valence-electron chi connectivity index (χ1n) is 4.91. The van der Waals surface area contributed by atoms with E-state index in [1.165, 1.54) is 24.3 Å². The number of halogens is 1. The van der Waals surface area contributed by atoms with E-state index in [4.69, 9.17) is 5.11 Å². The first-order chi connectivity index (χ1) is 8.49. The number of hydrogen-bond acceptors (Lipinski definition) is 4. The molecule has 0 spiro atoms. The number of hydrogen-bond donors (Lipinski definition) is 1. The van der Waals surface area contributed by atoms with Crippen molar-refractivity contribution in [1.29, 1.82) is 0 Å². The van der Waals surface area contributed by atoms with E-state index in [0.717, 1.165) is 19.1 Å². The second-order valence-electron chi connectivity index (χ2n) is 3.24. The molecule has 6 heteroatoms. The summed E-state index contributed by atoms with van der Waals surface area (Å²) in [4.78, 5) is 25.5. The Bertz CT molecular complexity index is 505. The van der Waals surface area contributed by atoms with Crippen molar-refractivity contribution in [1.82, 2.24) is 0 Å². The minimum atomic E-state index is -1.17. The van der Waals surface area contributed by atoms with Gasteiger partial charge in [0.25, 0.3) is 0 Å². The number of rotatable bonds is 4. The lowest BCUT2D eigenvalue weighted by Gasteiger charge is -2.00. The molecule has 0 radical (unpaired) electrons. The lowest BCUT2D eigenvalue weighted by molar-refractivity contribution is -0.140. The normalized spacial score (nSPS) is 11.6. The summed E-state index contributed by atoms with van der Waals surface area (Å²) in [7, 11) is 0. The van der Waals surface area contributed by atoms with Crippen LogP contribution in [0.25, 0.3) is 0 Å². The number of carboxylic acids is 1. The lowest BCUT2D eigenvalue weighted by Crippen LogP contribution is -2.02. The van der Waals surface area contributed by atoms with Crippen LogP contribution in [0.4, 0.5) is 4.39 Å². The Hall–Kier alpha value is -2.50. The van der Waals surface area contributed by atoms with Crippen molar-refractivity contribution in [3.05, 3.63) is 47.8 Å². The summed E-state index contributed by atoms with van der Waals surface area (Å²) >= 11 is 0. The average molecular weight is 251 g/mol. The first-order valence-corrected chi connectivity index (χ1v) is 4.91. The Balaban J connectivity index is 3.03. The van der Waals surface area contributed by atoms with Crippen molar-refractivity contribution >= 4 is 17.7 Å². The zero-order chi connectivity index (χ0) is 13.5. The summed E-state index contributed by atoms with van der Waals surface area (Å²) in [5.41, 5.74) is 0.530. The minimum absolute atomic E-state index is 0.104. The number of benzene rings is 1. The Morgan fingerprint density at radius 1 is 1.28 bits per heavy atom.